The fourth-order valence-electron chi connectivity index (χ4n) is 2.01. The largest absolute Gasteiger partial charge is 0.481 e. The molecule has 116 valence electrons. The first-order valence-corrected chi connectivity index (χ1v) is 6.78. The number of carboxylic acids is 1. The number of carbonyl (C=O) groups is 1. The van der Waals surface area contributed by atoms with Gasteiger partial charge in [0.2, 0.25) is 0 Å². The van der Waals surface area contributed by atoms with Gasteiger partial charge in [-0.25, -0.2) is 9.18 Å². The minimum atomic E-state index is -1.02. The second-order valence-electron chi connectivity index (χ2n) is 4.56. The van der Waals surface area contributed by atoms with E-state index < -0.39 is 23.0 Å². The second kappa shape index (κ2) is 6.57. The summed E-state index contributed by atoms with van der Waals surface area (Å²) < 4.78 is 14.4. The van der Waals surface area contributed by atoms with E-state index in [2.05, 4.69) is 4.98 Å². The van der Waals surface area contributed by atoms with Crippen molar-refractivity contribution >= 4 is 17.6 Å². The summed E-state index contributed by atoms with van der Waals surface area (Å²) in [5.74, 6) is -1.70. The van der Waals surface area contributed by atoms with E-state index in [0.29, 0.717) is 0 Å². The van der Waals surface area contributed by atoms with Crippen molar-refractivity contribution in [2.75, 3.05) is 0 Å². The molecule has 8 heteroatoms. The van der Waals surface area contributed by atoms with E-state index in [1.54, 1.807) is 0 Å². The van der Waals surface area contributed by atoms with Crippen LogP contribution in [0.1, 0.15) is 12.8 Å². The number of halogens is 2. The van der Waals surface area contributed by atoms with Gasteiger partial charge < -0.3 is 10.1 Å². The predicted octanol–water partition coefficient (Wildman–Crippen LogP) is 1.86. The lowest BCUT2D eigenvalue weighted by Gasteiger charge is -2.08. The minimum absolute atomic E-state index is 0.0411. The monoisotopic (exact) mass is 326 g/mol. The Hall–Kier alpha value is -2.41. The Morgan fingerprint density at radius 2 is 2.05 bits per heavy atom. The van der Waals surface area contributed by atoms with Crippen LogP contribution in [0.25, 0.3) is 11.1 Å². The maximum atomic E-state index is 13.5. The first-order valence-electron chi connectivity index (χ1n) is 6.40. The van der Waals surface area contributed by atoms with Crippen molar-refractivity contribution in [1.29, 1.82) is 0 Å². The third kappa shape index (κ3) is 3.25. The number of rotatable bonds is 5. The molecule has 2 rings (SSSR count). The summed E-state index contributed by atoms with van der Waals surface area (Å²) in [5.41, 5.74) is -1.11. The van der Waals surface area contributed by atoms with E-state index in [1.165, 1.54) is 18.3 Å². The van der Waals surface area contributed by atoms with Gasteiger partial charge in [0.25, 0.3) is 5.56 Å². The molecule has 0 unspecified atom stereocenters. The number of hydrogen-bond donors (Lipinski definition) is 2. The van der Waals surface area contributed by atoms with Crippen molar-refractivity contribution in [3.05, 3.63) is 56.1 Å². The fraction of sp³-hybridized carbons (Fsp3) is 0.214. The number of benzene rings is 1. The highest BCUT2D eigenvalue weighted by Crippen LogP contribution is 2.27. The Morgan fingerprint density at radius 1 is 1.32 bits per heavy atom. The van der Waals surface area contributed by atoms with E-state index in [4.69, 9.17) is 16.7 Å². The fourth-order valence-corrected chi connectivity index (χ4v) is 2.24. The summed E-state index contributed by atoms with van der Waals surface area (Å²) in [7, 11) is 0. The Labute approximate surface area is 128 Å². The molecular weight excluding hydrogens is 315 g/mol. The highest BCUT2D eigenvalue weighted by atomic mass is 35.5. The van der Waals surface area contributed by atoms with Crippen LogP contribution in [0.15, 0.2) is 34.0 Å². The topological polar surface area (TPSA) is 92.2 Å². The van der Waals surface area contributed by atoms with Crippen LogP contribution in [-0.4, -0.2) is 20.6 Å². The first-order chi connectivity index (χ1) is 10.4. The number of nitrogens with zero attached hydrogens (tertiary/aromatic N) is 1. The van der Waals surface area contributed by atoms with Crippen LogP contribution in [0.3, 0.4) is 0 Å². The molecule has 1 aromatic carbocycles. The van der Waals surface area contributed by atoms with Crippen LogP contribution in [0.2, 0.25) is 5.02 Å². The maximum absolute atomic E-state index is 13.5. The molecule has 0 bridgehead atoms. The lowest BCUT2D eigenvalue weighted by Crippen LogP contribution is -2.35. The van der Waals surface area contributed by atoms with Gasteiger partial charge in [-0.05, 0) is 12.5 Å². The number of aliphatic carboxylic acids is 1. The van der Waals surface area contributed by atoms with Crippen molar-refractivity contribution in [3.8, 4) is 11.1 Å². The zero-order valence-corrected chi connectivity index (χ0v) is 12.1. The molecule has 0 spiro atoms. The summed E-state index contributed by atoms with van der Waals surface area (Å²) in [6.07, 6.45) is 1.12. The number of carboxylic acid groups (broad SMARTS) is 1. The predicted molar refractivity (Wildman–Crippen MR) is 78.6 cm³/mol. The molecule has 0 amide bonds. The standard InChI is InChI=1S/C14H12ClFN2O4/c15-12-8(3-1-4-10(12)16)9-7-17-14(22)18(13(9)21)6-2-5-11(19)20/h1,3-4,7H,2,5-6H2,(H,17,22)(H,19,20). The first kappa shape index (κ1) is 16.0. The van der Waals surface area contributed by atoms with Crippen LogP contribution in [-0.2, 0) is 11.3 Å². The Balaban J connectivity index is 2.47. The summed E-state index contributed by atoms with van der Waals surface area (Å²) >= 11 is 5.84. The smallest absolute Gasteiger partial charge is 0.328 e. The van der Waals surface area contributed by atoms with E-state index in [1.807, 2.05) is 0 Å². The molecule has 22 heavy (non-hydrogen) atoms. The quantitative estimate of drug-likeness (QED) is 0.877. The van der Waals surface area contributed by atoms with E-state index in [-0.39, 0.29) is 35.5 Å². The normalized spacial score (nSPS) is 10.6. The molecule has 0 aliphatic rings. The van der Waals surface area contributed by atoms with Crippen LogP contribution in [0.4, 0.5) is 4.39 Å². The van der Waals surface area contributed by atoms with Crippen molar-refractivity contribution in [2.45, 2.75) is 19.4 Å². The summed E-state index contributed by atoms with van der Waals surface area (Å²) in [5, 5.41) is 8.38. The molecule has 6 nitrogen and oxygen atoms in total. The molecular formula is C14H12ClFN2O4. The summed E-state index contributed by atoms with van der Waals surface area (Å²) in [6, 6.07) is 4.01. The van der Waals surface area contributed by atoms with Gasteiger partial charge in [0.1, 0.15) is 5.82 Å². The third-order valence-corrected chi connectivity index (χ3v) is 3.46. The molecule has 0 fully saturated rings. The molecule has 2 N–H and O–H groups in total. The zero-order valence-electron chi connectivity index (χ0n) is 11.3. The van der Waals surface area contributed by atoms with Gasteiger partial charge in [-0.2, -0.15) is 0 Å². The van der Waals surface area contributed by atoms with Crippen LogP contribution in [0, 0.1) is 5.82 Å². The van der Waals surface area contributed by atoms with E-state index >= 15 is 0 Å². The van der Waals surface area contributed by atoms with Gasteiger partial charge in [0.05, 0.1) is 10.6 Å². The molecule has 0 atom stereocenters. The zero-order chi connectivity index (χ0) is 16.3. The summed E-state index contributed by atoms with van der Waals surface area (Å²) in [4.78, 5) is 36.9. The lowest BCUT2D eigenvalue weighted by molar-refractivity contribution is -0.137. The average molecular weight is 327 g/mol. The number of aromatic amines is 1. The number of nitrogens with one attached hydrogen (secondary N) is 1. The van der Waals surface area contributed by atoms with Gasteiger partial charge >= 0.3 is 11.7 Å². The summed E-state index contributed by atoms with van der Waals surface area (Å²) in [6.45, 7) is -0.0543. The molecule has 0 radical (unpaired) electrons. The van der Waals surface area contributed by atoms with Gasteiger partial charge in [0.15, 0.2) is 0 Å². The SMILES string of the molecule is O=C(O)CCCn1c(=O)[nH]cc(-c2cccc(F)c2Cl)c1=O. The van der Waals surface area contributed by atoms with E-state index in [0.717, 1.165) is 10.6 Å². The minimum Gasteiger partial charge on any atom is -0.481 e. The highest BCUT2D eigenvalue weighted by Gasteiger charge is 2.14. The molecule has 0 aliphatic carbocycles. The lowest BCUT2D eigenvalue weighted by atomic mass is 10.1. The van der Waals surface area contributed by atoms with Crippen molar-refractivity contribution in [3.63, 3.8) is 0 Å². The Morgan fingerprint density at radius 3 is 2.73 bits per heavy atom. The maximum Gasteiger partial charge on any atom is 0.328 e. The van der Waals surface area contributed by atoms with Gasteiger partial charge in [-0.3, -0.25) is 14.2 Å². The van der Waals surface area contributed by atoms with Crippen molar-refractivity contribution < 1.29 is 14.3 Å². The van der Waals surface area contributed by atoms with Gasteiger partial charge in [-0.1, -0.05) is 23.7 Å². The van der Waals surface area contributed by atoms with Crippen LogP contribution in [0.5, 0.6) is 0 Å². The molecule has 0 saturated carbocycles. The van der Waals surface area contributed by atoms with E-state index in [9.17, 15) is 18.8 Å². The van der Waals surface area contributed by atoms with Gasteiger partial charge in [-0.15, -0.1) is 0 Å². The average Bonchev–Trinajstić information content (AvgIpc) is 2.46. The number of aromatic nitrogens is 2. The van der Waals surface area contributed by atoms with Crippen molar-refractivity contribution in [2.24, 2.45) is 0 Å². The molecule has 1 aromatic heterocycles. The number of hydrogen-bond acceptors (Lipinski definition) is 3. The van der Waals surface area contributed by atoms with Gasteiger partial charge in [0, 0.05) is 24.7 Å². The Bertz CT molecular complexity index is 828. The molecule has 1 heterocycles. The second-order valence-corrected chi connectivity index (χ2v) is 4.94. The highest BCUT2D eigenvalue weighted by molar-refractivity contribution is 6.33. The Kier molecular flexibility index (Phi) is 4.77. The van der Waals surface area contributed by atoms with Crippen LogP contribution < -0.4 is 11.2 Å². The number of H-pyrrole nitrogens is 1. The van der Waals surface area contributed by atoms with Crippen LogP contribution >= 0.6 is 11.6 Å². The molecule has 2 aromatic rings. The molecule has 0 aliphatic heterocycles. The van der Waals surface area contributed by atoms with Crippen molar-refractivity contribution in [1.82, 2.24) is 9.55 Å². The third-order valence-electron chi connectivity index (χ3n) is 3.07. The molecule has 0 saturated heterocycles.